The third kappa shape index (κ3) is 9.27. The van der Waals surface area contributed by atoms with Crippen molar-refractivity contribution in [2.24, 2.45) is 5.10 Å². The van der Waals surface area contributed by atoms with Gasteiger partial charge in [-0.3, -0.25) is 13.9 Å². The predicted octanol–water partition coefficient (Wildman–Crippen LogP) is 2.53. The van der Waals surface area contributed by atoms with Gasteiger partial charge in [0.15, 0.2) is 6.61 Å². The van der Waals surface area contributed by atoms with Crippen molar-refractivity contribution < 1.29 is 35.9 Å². The SMILES string of the molecule is CC(C)NC(=O)COc1ccc(/C=N\NC(=O)CN(c2cccc(C(F)(F)F)c2)S(C)(=O)=O)cc1. The van der Waals surface area contributed by atoms with Crippen molar-refractivity contribution in [1.82, 2.24) is 10.7 Å². The lowest BCUT2D eigenvalue weighted by atomic mass is 10.2. The van der Waals surface area contributed by atoms with Gasteiger partial charge in [0.1, 0.15) is 12.3 Å². The van der Waals surface area contributed by atoms with E-state index in [1.165, 1.54) is 6.21 Å². The average molecular weight is 515 g/mol. The van der Waals surface area contributed by atoms with Gasteiger partial charge in [0.25, 0.3) is 11.8 Å². The summed E-state index contributed by atoms with van der Waals surface area (Å²) < 4.78 is 69.0. The molecule has 0 atom stereocenters. The van der Waals surface area contributed by atoms with Gasteiger partial charge in [0.2, 0.25) is 10.0 Å². The molecule has 0 aliphatic rings. The van der Waals surface area contributed by atoms with E-state index >= 15 is 0 Å². The Labute approximate surface area is 201 Å². The van der Waals surface area contributed by atoms with Crippen molar-refractivity contribution in [2.45, 2.75) is 26.1 Å². The van der Waals surface area contributed by atoms with Crippen LogP contribution in [0.3, 0.4) is 0 Å². The fourth-order valence-electron chi connectivity index (χ4n) is 2.74. The Kier molecular flexibility index (Phi) is 9.23. The van der Waals surface area contributed by atoms with E-state index in [2.05, 4.69) is 15.8 Å². The molecular weight excluding hydrogens is 489 g/mol. The molecule has 0 aliphatic heterocycles. The van der Waals surface area contributed by atoms with Gasteiger partial charge in [0, 0.05) is 6.04 Å². The maximum Gasteiger partial charge on any atom is 0.416 e. The van der Waals surface area contributed by atoms with Crippen LogP contribution in [0.4, 0.5) is 18.9 Å². The van der Waals surface area contributed by atoms with Crippen molar-refractivity contribution in [3.63, 3.8) is 0 Å². The zero-order valence-corrected chi connectivity index (χ0v) is 20.0. The standard InChI is InChI=1S/C22H25F3N4O5S/c1-15(2)27-21(31)14-34-19-9-7-16(8-10-19)12-26-28-20(30)13-29(35(3,32)33)18-6-4-5-17(11-18)22(23,24)25/h4-12,15H,13-14H2,1-3H3,(H,27,31)(H,28,30)/b26-12-. The Bertz CT molecular complexity index is 1170. The summed E-state index contributed by atoms with van der Waals surface area (Å²) in [6.45, 7) is 2.73. The van der Waals surface area contributed by atoms with E-state index < -0.39 is 34.2 Å². The zero-order chi connectivity index (χ0) is 26.2. The molecule has 190 valence electrons. The smallest absolute Gasteiger partial charge is 0.416 e. The number of amides is 2. The lowest BCUT2D eigenvalue weighted by Gasteiger charge is -2.22. The van der Waals surface area contributed by atoms with Crippen molar-refractivity contribution in [2.75, 3.05) is 23.7 Å². The monoisotopic (exact) mass is 514 g/mol. The van der Waals surface area contributed by atoms with E-state index in [0.717, 1.165) is 24.5 Å². The van der Waals surface area contributed by atoms with E-state index in [4.69, 9.17) is 4.74 Å². The van der Waals surface area contributed by atoms with Crippen molar-refractivity contribution in [3.8, 4) is 5.75 Å². The number of halogens is 3. The van der Waals surface area contributed by atoms with E-state index in [-0.39, 0.29) is 24.2 Å². The van der Waals surface area contributed by atoms with Gasteiger partial charge >= 0.3 is 6.18 Å². The Morgan fingerprint density at radius 3 is 2.34 bits per heavy atom. The summed E-state index contributed by atoms with van der Waals surface area (Å²) in [6, 6.07) is 10.0. The molecule has 0 bridgehead atoms. The van der Waals surface area contributed by atoms with Crippen molar-refractivity contribution in [3.05, 3.63) is 59.7 Å². The first-order valence-electron chi connectivity index (χ1n) is 10.2. The molecule has 2 aromatic carbocycles. The number of sulfonamides is 1. The second-order valence-corrected chi connectivity index (χ2v) is 9.60. The first kappa shape index (κ1) is 27.6. The number of hydrazone groups is 1. The molecule has 0 unspecified atom stereocenters. The Balaban J connectivity index is 1.98. The summed E-state index contributed by atoms with van der Waals surface area (Å²) in [5.74, 6) is -0.684. The van der Waals surface area contributed by atoms with Gasteiger partial charge in [-0.15, -0.1) is 0 Å². The van der Waals surface area contributed by atoms with Crippen molar-refractivity contribution >= 4 is 33.7 Å². The lowest BCUT2D eigenvalue weighted by molar-refractivity contribution is -0.137. The highest BCUT2D eigenvalue weighted by atomic mass is 32.2. The third-order valence-corrected chi connectivity index (χ3v) is 5.39. The van der Waals surface area contributed by atoms with Gasteiger partial charge in [-0.05, 0) is 61.9 Å². The van der Waals surface area contributed by atoms with Crippen LogP contribution < -0.4 is 19.8 Å². The normalized spacial score (nSPS) is 12.0. The molecule has 2 aromatic rings. The maximum absolute atomic E-state index is 13.0. The zero-order valence-electron chi connectivity index (χ0n) is 19.2. The number of benzene rings is 2. The van der Waals surface area contributed by atoms with Crippen LogP contribution in [0.25, 0.3) is 0 Å². The van der Waals surface area contributed by atoms with Gasteiger partial charge in [0.05, 0.1) is 23.7 Å². The molecule has 0 heterocycles. The van der Waals surface area contributed by atoms with E-state index in [0.29, 0.717) is 21.7 Å². The van der Waals surface area contributed by atoms with Gasteiger partial charge < -0.3 is 10.1 Å². The van der Waals surface area contributed by atoms with Crippen LogP contribution in [0.1, 0.15) is 25.0 Å². The number of carbonyl (C=O) groups is 2. The van der Waals surface area contributed by atoms with E-state index in [1.54, 1.807) is 24.3 Å². The number of nitrogens with one attached hydrogen (secondary N) is 2. The summed E-state index contributed by atoms with van der Waals surface area (Å²) in [6.07, 6.45) is -2.62. The molecule has 2 rings (SSSR count). The molecule has 0 aliphatic carbocycles. The fourth-order valence-corrected chi connectivity index (χ4v) is 3.59. The second kappa shape index (κ2) is 11.7. The number of rotatable bonds is 10. The van der Waals surface area contributed by atoms with Crippen LogP contribution >= 0.6 is 0 Å². The topological polar surface area (TPSA) is 117 Å². The van der Waals surface area contributed by atoms with Crippen LogP contribution in [-0.4, -0.2) is 51.9 Å². The minimum absolute atomic E-state index is 0.00513. The molecule has 0 spiro atoms. The minimum atomic E-state index is -4.67. The minimum Gasteiger partial charge on any atom is -0.484 e. The summed E-state index contributed by atoms with van der Waals surface area (Å²) in [5.41, 5.74) is 1.34. The van der Waals surface area contributed by atoms with Gasteiger partial charge in [-0.2, -0.15) is 18.3 Å². The van der Waals surface area contributed by atoms with Crippen LogP contribution in [0.2, 0.25) is 0 Å². The number of carbonyl (C=O) groups excluding carboxylic acids is 2. The number of hydrogen-bond donors (Lipinski definition) is 2. The third-order valence-electron chi connectivity index (χ3n) is 4.25. The molecular formula is C22H25F3N4O5S. The van der Waals surface area contributed by atoms with Crippen LogP contribution in [-0.2, 0) is 25.8 Å². The predicted molar refractivity (Wildman–Crippen MR) is 125 cm³/mol. The summed E-state index contributed by atoms with van der Waals surface area (Å²) in [4.78, 5) is 23.8. The molecule has 2 amide bonds. The summed E-state index contributed by atoms with van der Waals surface area (Å²) in [5, 5.41) is 6.42. The maximum atomic E-state index is 13.0. The fraction of sp³-hybridized carbons (Fsp3) is 0.318. The number of anilines is 1. The van der Waals surface area contributed by atoms with Gasteiger partial charge in [-0.1, -0.05) is 6.07 Å². The van der Waals surface area contributed by atoms with Gasteiger partial charge in [-0.25, -0.2) is 13.8 Å². The summed E-state index contributed by atoms with van der Waals surface area (Å²) in [7, 11) is -4.06. The number of hydrogen-bond acceptors (Lipinski definition) is 6. The molecule has 0 radical (unpaired) electrons. The molecule has 35 heavy (non-hydrogen) atoms. The Morgan fingerprint density at radius 1 is 1.11 bits per heavy atom. The average Bonchev–Trinajstić information content (AvgIpc) is 2.75. The Hall–Kier alpha value is -3.61. The number of alkyl halides is 3. The van der Waals surface area contributed by atoms with Crippen LogP contribution in [0.15, 0.2) is 53.6 Å². The first-order chi connectivity index (χ1) is 16.3. The summed E-state index contributed by atoms with van der Waals surface area (Å²) >= 11 is 0. The highest BCUT2D eigenvalue weighted by molar-refractivity contribution is 7.92. The van der Waals surface area contributed by atoms with Crippen LogP contribution in [0, 0.1) is 0 Å². The lowest BCUT2D eigenvalue weighted by Crippen LogP contribution is -2.39. The second-order valence-electron chi connectivity index (χ2n) is 7.69. The molecule has 13 heteroatoms. The first-order valence-corrected chi connectivity index (χ1v) is 12.1. The molecule has 0 fully saturated rings. The highest BCUT2D eigenvalue weighted by Gasteiger charge is 2.32. The molecule has 2 N–H and O–H groups in total. The molecule has 9 nitrogen and oxygen atoms in total. The molecule has 0 saturated heterocycles. The quantitative estimate of drug-likeness (QED) is 0.373. The van der Waals surface area contributed by atoms with E-state index in [1.807, 2.05) is 13.8 Å². The van der Waals surface area contributed by atoms with E-state index in [9.17, 15) is 31.2 Å². The van der Waals surface area contributed by atoms with Crippen molar-refractivity contribution in [1.29, 1.82) is 0 Å². The number of ether oxygens (including phenoxy) is 1. The van der Waals surface area contributed by atoms with Crippen LogP contribution in [0.5, 0.6) is 5.75 Å². The number of nitrogens with zero attached hydrogens (tertiary/aromatic N) is 2. The molecule has 0 saturated carbocycles. The molecule has 0 aromatic heterocycles. The Morgan fingerprint density at radius 2 is 1.77 bits per heavy atom. The highest BCUT2D eigenvalue weighted by Crippen LogP contribution is 2.32. The largest absolute Gasteiger partial charge is 0.484 e.